The van der Waals surface area contributed by atoms with Crippen molar-refractivity contribution in [3.63, 3.8) is 0 Å². The third-order valence-electron chi connectivity index (χ3n) is 7.65. The van der Waals surface area contributed by atoms with Crippen LogP contribution in [0, 0.1) is 0 Å². The number of urea groups is 1. The van der Waals surface area contributed by atoms with Crippen LogP contribution in [-0.4, -0.2) is 41.3 Å². The van der Waals surface area contributed by atoms with E-state index < -0.39 is 11.3 Å². The molecule has 0 aliphatic carbocycles. The van der Waals surface area contributed by atoms with E-state index in [0.29, 0.717) is 11.6 Å². The number of rotatable bonds is 9. The molecule has 8 heteroatoms. The molecule has 2 N–H and O–H groups in total. The van der Waals surface area contributed by atoms with Gasteiger partial charge in [0.05, 0.1) is 18.9 Å². The number of aryl methyl sites for hydroxylation is 1. The second-order valence-electron chi connectivity index (χ2n) is 11.5. The third kappa shape index (κ3) is 5.35. The standard InChI is InChI=1S/C30H37FN4O2S/c1-5-35-27(36)33-34-30(35,17-22-10-14-24(15-11-22)28(2,3)4)16-6-7-21-8-12-23(13-9-21)25-18-38-26(32-25)29(31)19-37-20-29/h8-15,18,34H,5-7,16-17,19-20H2,1-4H3,(H,33,36). The largest absolute Gasteiger partial charge is 0.374 e. The Morgan fingerprint density at radius 1 is 1.08 bits per heavy atom. The fourth-order valence-corrected chi connectivity index (χ4v) is 6.17. The molecule has 2 aliphatic heterocycles. The molecule has 3 aromatic rings. The summed E-state index contributed by atoms with van der Waals surface area (Å²) in [6.45, 7) is 9.49. The van der Waals surface area contributed by atoms with Crippen LogP contribution in [0.4, 0.5) is 9.18 Å². The summed E-state index contributed by atoms with van der Waals surface area (Å²) in [4.78, 5) is 19.0. The number of hydrogen-bond acceptors (Lipinski definition) is 5. The van der Waals surface area contributed by atoms with E-state index in [1.54, 1.807) is 0 Å². The minimum atomic E-state index is -1.43. The maximum atomic E-state index is 14.6. The zero-order valence-electron chi connectivity index (χ0n) is 22.6. The van der Waals surface area contributed by atoms with Crippen LogP contribution in [0.3, 0.4) is 0 Å². The normalized spacial score (nSPS) is 20.9. The highest BCUT2D eigenvalue weighted by Crippen LogP contribution is 2.37. The monoisotopic (exact) mass is 536 g/mol. The zero-order valence-corrected chi connectivity index (χ0v) is 23.5. The van der Waals surface area contributed by atoms with Gasteiger partial charge in [-0.3, -0.25) is 5.43 Å². The quantitative estimate of drug-likeness (QED) is 0.346. The summed E-state index contributed by atoms with van der Waals surface area (Å²) < 4.78 is 19.6. The molecule has 2 fully saturated rings. The molecule has 5 rings (SSSR count). The lowest BCUT2D eigenvalue weighted by molar-refractivity contribution is -0.135. The van der Waals surface area contributed by atoms with Gasteiger partial charge in [0.2, 0.25) is 5.67 Å². The molecule has 0 spiro atoms. The fraction of sp³-hybridized carbons (Fsp3) is 0.467. The van der Waals surface area contributed by atoms with Crippen LogP contribution >= 0.6 is 11.3 Å². The third-order valence-corrected chi connectivity index (χ3v) is 8.67. The Kier molecular flexibility index (Phi) is 7.33. The minimum Gasteiger partial charge on any atom is -0.374 e. The number of thiazole rings is 1. The Hall–Kier alpha value is -2.81. The van der Waals surface area contributed by atoms with Crippen molar-refractivity contribution in [2.75, 3.05) is 19.8 Å². The average molecular weight is 537 g/mol. The van der Waals surface area contributed by atoms with Gasteiger partial charge in [-0.15, -0.1) is 11.3 Å². The van der Waals surface area contributed by atoms with Crippen molar-refractivity contribution in [3.05, 3.63) is 75.6 Å². The second-order valence-corrected chi connectivity index (χ2v) is 12.4. The van der Waals surface area contributed by atoms with Gasteiger partial charge in [-0.05, 0) is 48.3 Å². The number of nitrogens with one attached hydrogen (secondary N) is 2. The first-order valence-corrected chi connectivity index (χ1v) is 14.3. The van der Waals surface area contributed by atoms with Crippen molar-refractivity contribution in [2.45, 2.75) is 70.1 Å². The van der Waals surface area contributed by atoms with Gasteiger partial charge in [-0.1, -0.05) is 69.3 Å². The number of ether oxygens (including phenoxy) is 1. The number of hydrogen-bond donors (Lipinski definition) is 2. The smallest absolute Gasteiger partial charge is 0.333 e. The lowest BCUT2D eigenvalue weighted by Crippen LogP contribution is -2.54. The Labute approximate surface area is 228 Å². The number of carbonyl (C=O) groups is 1. The molecule has 2 saturated heterocycles. The molecule has 2 aromatic carbocycles. The predicted molar refractivity (Wildman–Crippen MR) is 150 cm³/mol. The summed E-state index contributed by atoms with van der Waals surface area (Å²) in [6.07, 6.45) is 3.36. The number of hydrazine groups is 1. The van der Waals surface area contributed by atoms with Crippen LogP contribution in [0.2, 0.25) is 0 Å². The molecule has 6 nitrogen and oxygen atoms in total. The second kappa shape index (κ2) is 10.4. The summed E-state index contributed by atoms with van der Waals surface area (Å²) in [5.74, 6) is 0. The predicted octanol–water partition coefficient (Wildman–Crippen LogP) is 6.11. The molecule has 1 atom stereocenters. The Morgan fingerprint density at radius 3 is 2.37 bits per heavy atom. The van der Waals surface area contributed by atoms with Crippen molar-refractivity contribution >= 4 is 17.4 Å². The van der Waals surface area contributed by atoms with Crippen LogP contribution < -0.4 is 10.9 Å². The lowest BCUT2D eigenvalue weighted by atomic mass is 9.85. The van der Waals surface area contributed by atoms with E-state index in [1.807, 2.05) is 17.2 Å². The van der Waals surface area contributed by atoms with Crippen LogP contribution in [0.5, 0.6) is 0 Å². The molecule has 0 radical (unpaired) electrons. The first kappa shape index (κ1) is 26.8. The molecule has 0 saturated carbocycles. The number of likely N-dealkylation sites (N-methyl/N-ethyl adjacent to an activating group) is 1. The number of nitrogens with zero attached hydrogens (tertiary/aromatic N) is 2. The molecule has 3 heterocycles. The molecular weight excluding hydrogens is 499 g/mol. The molecule has 202 valence electrons. The van der Waals surface area contributed by atoms with Crippen LogP contribution in [-0.2, 0) is 28.7 Å². The molecular formula is C30H37FN4O2S. The molecule has 1 aromatic heterocycles. The lowest BCUT2D eigenvalue weighted by Gasteiger charge is -2.36. The number of benzene rings is 2. The molecule has 1 unspecified atom stereocenters. The number of alkyl halides is 1. The number of aromatic nitrogens is 1. The average Bonchev–Trinajstić information content (AvgIpc) is 3.48. The highest BCUT2D eigenvalue weighted by atomic mass is 32.1. The Morgan fingerprint density at radius 2 is 1.76 bits per heavy atom. The van der Waals surface area contributed by atoms with Crippen molar-refractivity contribution in [2.24, 2.45) is 0 Å². The van der Waals surface area contributed by atoms with Crippen LogP contribution in [0.15, 0.2) is 53.9 Å². The van der Waals surface area contributed by atoms with E-state index in [9.17, 15) is 9.18 Å². The zero-order chi connectivity index (χ0) is 27.0. The number of carbonyl (C=O) groups excluding carboxylic acids is 1. The van der Waals surface area contributed by atoms with E-state index in [2.05, 4.69) is 85.1 Å². The maximum absolute atomic E-state index is 14.6. The van der Waals surface area contributed by atoms with Crippen molar-refractivity contribution < 1.29 is 13.9 Å². The number of amides is 2. The van der Waals surface area contributed by atoms with Crippen molar-refractivity contribution in [3.8, 4) is 11.3 Å². The topological polar surface area (TPSA) is 66.5 Å². The maximum Gasteiger partial charge on any atom is 0.333 e. The van der Waals surface area contributed by atoms with Gasteiger partial charge in [0.25, 0.3) is 0 Å². The van der Waals surface area contributed by atoms with Gasteiger partial charge >= 0.3 is 6.03 Å². The first-order valence-electron chi connectivity index (χ1n) is 13.4. The van der Waals surface area contributed by atoms with Crippen molar-refractivity contribution in [1.29, 1.82) is 0 Å². The number of halogens is 1. The molecule has 2 amide bonds. The summed E-state index contributed by atoms with van der Waals surface area (Å²) in [5.41, 5.74) is 9.92. The van der Waals surface area contributed by atoms with Crippen LogP contribution in [0.25, 0.3) is 11.3 Å². The van der Waals surface area contributed by atoms with Gasteiger partial charge in [-0.2, -0.15) is 0 Å². The van der Waals surface area contributed by atoms with Crippen molar-refractivity contribution in [1.82, 2.24) is 20.7 Å². The van der Waals surface area contributed by atoms with E-state index >= 15 is 0 Å². The van der Waals surface area contributed by atoms with E-state index in [0.717, 1.165) is 36.9 Å². The SMILES string of the molecule is CCN1C(=O)NNC1(CCCc1ccc(-c2csc(C3(F)COC3)n2)cc1)Cc1ccc(C(C)(C)C)cc1. The summed E-state index contributed by atoms with van der Waals surface area (Å²) >= 11 is 1.35. The van der Waals surface area contributed by atoms with Gasteiger partial charge in [0.1, 0.15) is 10.7 Å². The Bertz CT molecular complexity index is 1260. The van der Waals surface area contributed by atoms with Crippen LogP contribution in [0.1, 0.15) is 62.2 Å². The molecule has 0 bridgehead atoms. The van der Waals surface area contributed by atoms with E-state index in [-0.39, 0.29) is 24.7 Å². The van der Waals surface area contributed by atoms with Gasteiger partial charge < -0.3 is 9.64 Å². The Balaban J connectivity index is 1.24. The summed E-state index contributed by atoms with van der Waals surface area (Å²) in [5, 5.41) is 2.41. The van der Waals surface area contributed by atoms with Gasteiger partial charge in [-0.25, -0.2) is 19.6 Å². The summed E-state index contributed by atoms with van der Waals surface area (Å²) in [6, 6.07) is 17.0. The highest BCUT2D eigenvalue weighted by molar-refractivity contribution is 7.10. The molecule has 38 heavy (non-hydrogen) atoms. The summed E-state index contributed by atoms with van der Waals surface area (Å²) in [7, 11) is 0. The van der Waals surface area contributed by atoms with E-state index in [4.69, 9.17) is 4.74 Å². The first-order chi connectivity index (χ1) is 18.1. The molecule has 2 aliphatic rings. The van der Waals surface area contributed by atoms with Gasteiger partial charge in [0.15, 0.2) is 0 Å². The fourth-order valence-electron chi connectivity index (χ4n) is 5.28. The minimum absolute atomic E-state index is 0.0747. The highest BCUT2D eigenvalue weighted by Gasteiger charge is 2.44. The van der Waals surface area contributed by atoms with E-state index in [1.165, 1.54) is 28.0 Å². The van der Waals surface area contributed by atoms with Gasteiger partial charge in [0, 0.05) is 23.9 Å².